The highest BCUT2D eigenvalue weighted by Crippen LogP contribution is 2.08. The number of esters is 1. The lowest BCUT2D eigenvalue weighted by molar-refractivity contribution is -0.155. The molecule has 2 N–H and O–H groups in total. The van der Waals surface area contributed by atoms with Crippen LogP contribution in [0.1, 0.15) is 34.1 Å². The maximum atomic E-state index is 11.0. The summed E-state index contributed by atoms with van der Waals surface area (Å²) in [5, 5.41) is 0. The third-order valence-corrected chi connectivity index (χ3v) is 0.909. The summed E-state index contributed by atoms with van der Waals surface area (Å²) in [5.41, 5.74) is 5.01. The Labute approximate surface area is 67.9 Å². The first kappa shape index (κ1) is 10.4. The van der Waals surface area contributed by atoms with Gasteiger partial charge in [0.25, 0.3) is 0 Å². The van der Waals surface area contributed by atoms with E-state index >= 15 is 0 Å². The number of rotatable bonds is 2. The van der Waals surface area contributed by atoms with Gasteiger partial charge in [0.05, 0.1) is 6.42 Å². The summed E-state index contributed by atoms with van der Waals surface area (Å²) in [4.78, 5) is 11.0. The van der Waals surface area contributed by atoms with Crippen molar-refractivity contribution in [2.24, 2.45) is 5.73 Å². The van der Waals surface area contributed by atoms with Gasteiger partial charge in [0.1, 0.15) is 5.60 Å². The fourth-order valence-electron chi connectivity index (χ4n) is 0.646. The Hall–Kier alpha value is -0.570. The largest absolute Gasteiger partial charge is 0.460 e. The molecule has 0 aliphatic heterocycles. The van der Waals surface area contributed by atoms with Crippen LogP contribution in [-0.4, -0.2) is 17.6 Å². The highest BCUT2D eigenvalue weighted by molar-refractivity contribution is 5.70. The molecule has 0 aliphatic carbocycles. The molecule has 0 amide bonds. The van der Waals surface area contributed by atoms with E-state index in [0.717, 1.165) is 0 Å². The summed E-state index contributed by atoms with van der Waals surface area (Å²) in [5.74, 6) is -0.229. The van der Waals surface area contributed by atoms with E-state index in [-0.39, 0.29) is 18.4 Å². The van der Waals surface area contributed by atoms with Crippen molar-refractivity contribution in [1.29, 1.82) is 0 Å². The van der Waals surface area contributed by atoms with Crippen LogP contribution in [0.15, 0.2) is 0 Å². The topological polar surface area (TPSA) is 52.3 Å². The van der Waals surface area contributed by atoms with Crippen LogP contribution in [0, 0.1) is 0 Å². The van der Waals surface area contributed by atoms with Gasteiger partial charge in [-0.15, -0.1) is 0 Å². The number of carbonyl (C=O) groups excluding carboxylic acids is 1. The first-order valence-corrected chi connectivity index (χ1v) is 3.78. The van der Waals surface area contributed by atoms with E-state index in [1.807, 2.05) is 20.8 Å². The van der Waals surface area contributed by atoms with Crippen LogP contribution < -0.4 is 5.73 Å². The van der Waals surface area contributed by atoms with Gasteiger partial charge in [-0.05, 0) is 27.7 Å². The molecule has 0 saturated carbocycles. The van der Waals surface area contributed by atoms with Gasteiger partial charge < -0.3 is 10.5 Å². The van der Waals surface area contributed by atoms with Crippen LogP contribution in [0.5, 0.6) is 0 Å². The van der Waals surface area contributed by atoms with Gasteiger partial charge in [-0.2, -0.15) is 0 Å². The van der Waals surface area contributed by atoms with Crippen molar-refractivity contribution in [2.75, 3.05) is 0 Å². The van der Waals surface area contributed by atoms with E-state index in [1.165, 1.54) is 0 Å². The summed E-state index contributed by atoms with van der Waals surface area (Å²) in [7, 11) is 0. The van der Waals surface area contributed by atoms with E-state index in [0.29, 0.717) is 0 Å². The molecule has 0 rings (SSSR count). The Balaban J connectivity index is 3.71. The highest BCUT2D eigenvalue weighted by atomic mass is 16.6. The fraction of sp³-hybridized carbons (Fsp3) is 0.875. The van der Waals surface area contributed by atoms with Crippen molar-refractivity contribution in [2.45, 2.75) is 45.8 Å². The van der Waals surface area contributed by atoms with Crippen molar-refractivity contribution in [3.05, 3.63) is 0 Å². The van der Waals surface area contributed by atoms with E-state index < -0.39 is 5.60 Å². The lowest BCUT2D eigenvalue weighted by Gasteiger charge is -2.19. The zero-order valence-corrected chi connectivity index (χ0v) is 7.68. The summed E-state index contributed by atoms with van der Waals surface area (Å²) >= 11 is 0. The molecule has 0 aromatic rings. The smallest absolute Gasteiger partial charge is 0.307 e. The average molecular weight is 159 g/mol. The monoisotopic (exact) mass is 159 g/mol. The van der Waals surface area contributed by atoms with Gasteiger partial charge in [0.2, 0.25) is 0 Å². The molecule has 3 heteroatoms. The van der Waals surface area contributed by atoms with Crippen LogP contribution in [0.3, 0.4) is 0 Å². The third-order valence-electron chi connectivity index (χ3n) is 0.909. The molecule has 0 aromatic heterocycles. The van der Waals surface area contributed by atoms with E-state index in [4.69, 9.17) is 10.5 Å². The standard InChI is InChI=1S/C8H17NO2/c1-6(9)5-7(10)11-8(2,3)4/h6H,5,9H2,1-4H3/t6-/m0/s1. The number of ether oxygens (including phenoxy) is 1. The van der Waals surface area contributed by atoms with E-state index in [2.05, 4.69) is 0 Å². The summed E-state index contributed by atoms with van der Waals surface area (Å²) in [6.07, 6.45) is 0.289. The van der Waals surface area contributed by atoms with Crippen molar-refractivity contribution in [3.63, 3.8) is 0 Å². The Kier molecular flexibility index (Phi) is 3.52. The summed E-state index contributed by atoms with van der Waals surface area (Å²) in [6.45, 7) is 7.30. The van der Waals surface area contributed by atoms with Gasteiger partial charge in [-0.1, -0.05) is 0 Å². The summed E-state index contributed by atoms with van der Waals surface area (Å²) < 4.78 is 5.03. The average Bonchev–Trinajstić information content (AvgIpc) is 1.53. The van der Waals surface area contributed by atoms with Crippen LogP contribution in [0.4, 0.5) is 0 Å². The second-order valence-electron chi connectivity index (χ2n) is 3.77. The van der Waals surface area contributed by atoms with Crippen LogP contribution in [0.2, 0.25) is 0 Å². The molecule has 0 unspecified atom stereocenters. The van der Waals surface area contributed by atoms with Crippen LogP contribution >= 0.6 is 0 Å². The first-order valence-electron chi connectivity index (χ1n) is 3.78. The minimum absolute atomic E-state index is 0.121. The molecule has 66 valence electrons. The predicted molar refractivity (Wildman–Crippen MR) is 44.1 cm³/mol. The van der Waals surface area contributed by atoms with Gasteiger partial charge in [-0.25, -0.2) is 0 Å². The van der Waals surface area contributed by atoms with Crippen molar-refractivity contribution in [1.82, 2.24) is 0 Å². The minimum atomic E-state index is -0.397. The molecule has 0 heterocycles. The molecular formula is C8H17NO2. The molecule has 3 nitrogen and oxygen atoms in total. The predicted octanol–water partition coefficient (Wildman–Crippen LogP) is 1.07. The molecule has 1 atom stereocenters. The van der Waals surface area contributed by atoms with Crippen LogP contribution in [-0.2, 0) is 9.53 Å². The zero-order chi connectivity index (χ0) is 9.07. The number of carbonyl (C=O) groups is 1. The quantitative estimate of drug-likeness (QED) is 0.613. The van der Waals surface area contributed by atoms with Gasteiger partial charge in [0.15, 0.2) is 0 Å². The normalized spacial score (nSPS) is 14.3. The number of hydrogen-bond donors (Lipinski definition) is 1. The molecule has 0 bridgehead atoms. The van der Waals surface area contributed by atoms with Crippen molar-refractivity contribution in [3.8, 4) is 0 Å². The minimum Gasteiger partial charge on any atom is -0.460 e. The molecule has 0 aliphatic rings. The molecule has 11 heavy (non-hydrogen) atoms. The molecule has 0 fully saturated rings. The molecule has 0 aromatic carbocycles. The molecule has 0 radical (unpaired) electrons. The fourth-order valence-corrected chi connectivity index (χ4v) is 0.646. The SMILES string of the molecule is C[C@H](N)CC(=O)OC(C)(C)C. The Morgan fingerprint density at radius 3 is 2.27 bits per heavy atom. The number of hydrogen-bond acceptors (Lipinski definition) is 3. The maximum Gasteiger partial charge on any atom is 0.307 e. The zero-order valence-electron chi connectivity index (χ0n) is 7.68. The Morgan fingerprint density at radius 2 is 2.00 bits per heavy atom. The van der Waals surface area contributed by atoms with Gasteiger partial charge in [-0.3, -0.25) is 4.79 Å². The van der Waals surface area contributed by atoms with Gasteiger partial charge in [0, 0.05) is 6.04 Å². The highest BCUT2D eigenvalue weighted by Gasteiger charge is 2.16. The Morgan fingerprint density at radius 1 is 1.55 bits per heavy atom. The molecule has 0 spiro atoms. The van der Waals surface area contributed by atoms with E-state index in [9.17, 15) is 4.79 Å². The first-order chi connectivity index (χ1) is 4.81. The third kappa shape index (κ3) is 7.33. The lowest BCUT2D eigenvalue weighted by atomic mass is 10.2. The maximum absolute atomic E-state index is 11.0. The van der Waals surface area contributed by atoms with Crippen molar-refractivity contribution < 1.29 is 9.53 Å². The van der Waals surface area contributed by atoms with Crippen molar-refractivity contribution >= 4 is 5.97 Å². The molecular weight excluding hydrogens is 142 g/mol. The molecule has 0 saturated heterocycles. The Bertz CT molecular complexity index is 136. The summed E-state index contributed by atoms with van der Waals surface area (Å²) in [6, 6.07) is -0.121. The number of nitrogens with two attached hydrogens (primary N) is 1. The second kappa shape index (κ2) is 3.72. The van der Waals surface area contributed by atoms with Crippen LogP contribution in [0.25, 0.3) is 0 Å². The lowest BCUT2D eigenvalue weighted by Crippen LogP contribution is -2.28. The second-order valence-corrected chi connectivity index (χ2v) is 3.77. The van der Waals surface area contributed by atoms with E-state index in [1.54, 1.807) is 6.92 Å². The van der Waals surface area contributed by atoms with Gasteiger partial charge >= 0.3 is 5.97 Å².